The van der Waals surface area contributed by atoms with E-state index in [0.29, 0.717) is 5.02 Å². The molecule has 0 radical (unpaired) electrons. The third kappa shape index (κ3) is 2.48. The van der Waals surface area contributed by atoms with Crippen LogP contribution in [0.3, 0.4) is 0 Å². The summed E-state index contributed by atoms with van der Waals surface area (Å²) in [5.41, 5.74) is -0.268. The Morgan fingerprint density at radius 1 is 1.12 bits per heavy atom. The molecule has 128 valence electrons. The minimum absolute atomic E-state index is 0.00175. The summed E-state index contributed by atoms with van der Waals surface area (Å²) in [5.74, 6) is -1.93. The third-order valence-corrected chi connectivity index (χ3v) is 7.00. The molecule has 1 aliphatic heterocycles. The first-order valence-electron chi connectivity index (χ1n) is 7.32. The molecule has 0 unspecified atom stereocenters. The van der Waals surface area contributed by atoms with E-state index in [1.54, 1.807) is 6.92 Å². The van der Waals surface area contributed by atoms with Crippen molar-refractivity contribution in [3.63, 3.8) is 0 Å². The van der Waals surface area contributed by atoms with E-state index in [9.17, 15) is 17.2 Å². The van der Waals surface area contributed by atoms with Crippen molar-refractivity contribution >= 4 is 21.4 Å². The summed E-state index contributed by atoms with van der Waals surface area (Å²) in [6, 6.07) is 7.47. The lowest BCUT2D eigenvalue weighted by Gasteiger charge is -2.38. The van der Waals surface area contributed by atoms with Crippen LogP contribution in [0, 0.1) is 11.6 Å². The van der Waals surface area contributed by atoms with Crippen LogP contribution in [-0.4, -0.2) is 14.5 Å². The van der Waals surface area contributed by atoms with Crippen LogP contribution in [0.25, 0.3) is 0 Å². The van der Waals surface area contributed by atoms with Crippen LogP contribution in [-0.2, 0) is 14.6 Å². The molecule has 2 aromatic rings. The number of fused-ring (bicyclic) bond motifs is 1. The molecule has 0 saturated heterocycles. The normalized spacial score (nSPS) is 23.5. The van der Waals surface area contributed by atoms with Gasteiger partial charge < -0.3 is 4.74 Å². The fourth-order valence-corrected chi connectivity index (χ4v) is 5.21. The number of rotatable bonds is 2. The van der Waals surface area contributed by atoms with Gasteiger partial charge in [-0.25, -0.2) is 17.2 Å². The minimum atomic E-state index is -4.01. The van der Waals surface area contributed by atoms with Gasteiger partial charge in [-0.1, -0.05) is 11.6 Å². The highest BCUT2D eigenvalue weighted by atomic mass is 35.5. The van der Waals surface area contributed by atoms with Gasteiger partial charge in [0.1, 0.15) is 10.6 Å². The molecule has 1 aliphatic rings. The van der Waals surface area contributed by atoms with Crippen molar-refractivity contribution in [2.24, 2.45) is 0 Å². The van der Waals surface area contributed by atoms with Gasteiger partial charge in [-0.15, -0.1) is 0 Å². The fraction of sp³-hybridized carbons (Fsp3) is 0.294. The van der Waals surface area contributed by atoms with Gasteiger partial charge in [-0.2, -0.15) is 0 Å². The summed E-state index contributed by atoms with van der Waals surface area (Å²) in [6.45, 7) is 3.03. The standard InChI is InChI=1S/C17H15ClF2O3S/c1-10-9-17(2,15-13(19)7-8-14(20)16(15)23-10)24(21,22)12-5-3-11(18)4-6-12/h3-8,10H,9H2,1-2H3/t10-,17-/m1/s1. The molecule has 1 heterocycles. The van der Waals surface area contributed by atoms with Crippen molar-refractivity contribution in [1.29, 1.82) is 0 Å². The maximum Gasteiger partial charge on any atom is 0.188 e. The van der Waals surface area contributed by atoms with Crippen LogP contribution in [0.15, 0.2) is 41.3 Å². The first kappa shape index (κ1) is 17.2. The predicted molar refractivity (Wildman–Crippen MR) is 87.1 cm³/mol. The Kier molecular flexibility index (Phi) is 4.08. The first-order chi connectivity index (χ1) is 11.2. The SMILES string of the molecule is C[C@@H]1C[C@@](C)(S(=O)(=O)c2ccc(Cl)cc2)c2c(F)ccc(F)c2O1. The van der Waals surface area contributed by atoms with Crippen molar-refractivity contribution in [3.8, 4) is 5.75 Å². The lowest BCUT2D eigenvalue weighted by molar-refractivity contribution is 0.156. The largest absolute Gasteiger partial charge is 0.487 e. The summed E-state index contributed by atoms with van der Waals surface area (Å²) < 4.78 is 58.7. The fourth-order valence-electron chi connectivity index (χ4n) is 3.15. The van der Waals surface area contributed by atoms with Crippen molar-refractivity contribution in [3.05, 3.63) is 58.6 Å². The molecular weight excluding hydrogens is 358 g/mol. The van der Waals surface area contributed by atoms with Gasteiger partial charge in [-0.3, -0.25) is 0 Å². The van der Waals surface area contributed by atoms with Gasteiger partial charge in [0.2, 0.25) is 0 Å². The molecule has 0 aliphatic carbocycles. The van der Waals surface area contributed by atoms with E-state index in [2.05, 4.69) is 0 Å². The summed E-state index contributed by atoms with van der Waals surface area (Å²) in [7, 11) is -4.01. The zero-order chi connectivity index (χ0) is 17.7. The predicted octanol–water partition coefficient (Wildman–Crippen LogP) is 4.48. The van der Waals surface area contributed by atoms with Crippen LogP contribution in [0.4, 0.5) is 8.78 Å². The zero-order valence-electron chi connectivity index (χ0n) is 13.0. The summed E-state index contributed by atoms with van der Waals surface area (Å²) in [6.07, 6.45) is -0.577. The summed E-state index contributed by atoms with van der Waals surface area (Å²) >= 11 is 5.81. The van der Waals surface area contributed by atoms with Crippen LogP contribution in [0.5, 0.6) is 5.75 Å². The van der Waals surface area contributed by atoms with Crippen molar-refractivity contribution in [2.75, 3.05) is 0 Å². The van der Waals surface area contributed by atoms with Crippen LogP contribution in [0.1, 0.15) is 25.8 Å². The van der Waals surface area contributed by atoms with Gasteiger partial charge in [0.25, 0.3) is 0 Å². The maximum absolute atomic E-state index is 14.5. The highest BCUT2D eigenvalue weighted by Crippen LogP contribution is 2.49. The Hall–Kier alpha value is -1.66. The molecule has 0 fully saturated rings. The molecule has 3 rings (SSSR count). The molecule has 2 atom stereocenters. The second kappa shape index (κ2) is 5.70. The van der Waals surface area contributed by atoms with Crippen LogP contribution in [0.2, 0.25) is 5.02 Å². The van der Waals surface area contributed by atoms with Gasteiger partial charge in [-0.05, 0) is 50.2 Å². The second-order valence-corrected chi connectivity index (χ2v) is 8.87. The van der Waals surface area contributed by atoms with E-state index >= 15 is 0 Å². The van der Waals surface area contributed by atoms with Gasteiger partial charge in [0.05, 0.1) is 16.6 Å². The Labute approximate surface area is 144 Å². The van der Waals surface area contributed by atoms with E-state index in [-0.39, 0.29) is 22.6 Å². The van der Waals surface area contributed by atoms with Crippen LogP contribution >= 0.6 is 11.6 Å². The third-order valence-electron chi connectivity index (χ3n) is 4.30. The highest BCUT2D eigenvalue weighted by Gasteiger charge is 2.50. The maximum atomic E-state index is 14.5. The zero-order valence-corrected chi connectivity index (χ0v) is 14.6. The molecule has 7 heteroatoms. The molecule has 0 amide bonds. The van der Waals surface area contributed by atoms with Gasteiger partial charge in [0, 0.05) is 11.4 Å². The Morgan fingerprint density at radius 2 is 1.71 bits per heavy atom. The highest BCUT2D eigenvalue weighted by molar-refractivity contribution is 7.92. The molecule has 2 aromatic carbocycles. The number of halogens is 3. The van der Waals surface area contributed by atoms with Crippen LogP contribution < -0.4 is 4.74 Å². The lowest BCUT2D eigenvalue weighted by Crippen LogP contribution is -2.42. The monoisotopic (exact) mass is 372 g/mol. The number of ether oxygens (including phenoxy) is 1. The van der Waals surface area contributed by atoms with E-state index in [0.717, 1.165) is 12.1 Å². The number of sulfone groups is 1. The number of hydrogen-bond donors (Lipinski definition) is 0. The van der Waals surface area contributed by atoms with Gasteiger partial charge in [0.15, 0.2) is 21.4 Å². The Bertz CT molecular complexity index is 897. The molecule has 0 N–H and O–H groups in total. The van der Waals surface area contributed by atoms with E-state index in [4.69, 9.17) is 16.3 Å². The first-order valence-corrected chi connectivity index (χ1v) is 9.18. The van der Waals surface area contributed by atoms with Crippen molar-refractivity contribution < 1.29 is 21.9 Å². The van der Waals surface area contributed by atoms with E-state index in [1.807, 2.05) is 0 Å². The molecular formula is C17H15ClF2O3S. The van der Waals surface area contributed by atoms with Crippen molar-refractivity contribution in [2.45, 2.75) is 36.0 Å². The smallest absolute Gasteiger partial charge is 0.188 e. The lowest BCUT2D eigenvalue weighted by atomic mass is 9.90. The molecule has 3 nitrogen and oxygen atoms in total. The molecule has 0 spiro atoms. The minimum Gasteiger partial charge on any atom is -0.487 e. The second-order valence-electron chi connectivity index (χ2n) is 6.05. The molecule has 24 heavy (non-hydrogen) atoms. The van der Waals surface area contributed by atoms with Gasteiger partial charge >= 0.3 is 0 Å². The summed E-state index contributed by atoms with van der Waals surface area (Å²) in [4.78, 5) is -0.00175. The molecule has 0 saturated carbocycles. The Morgan fingerprint density at radius 3 is 2.33 bits per heavy atom. The molecule has 0 bridgehead atoms. The average molecular weight is 373 g/mol. The Balaban J connectivity index is 2.28. The van der Waals surface area contributed by atoms with Crippen molar-refractivity contribution in [1.82, 2.24) is 0 Å². The topological polar surface area (TPSA) is 43.4 Å². The average Bonchev–Trinajstić information content (AvgIpc) is 2.51. The van der Waals surface area contributed by atoms with E-state index < -0.39 is 32.3 Å². The summed E-state index contributed by atoms with van der Waals surface area (Å²) in [5, 5.41) is 0.386. The van der Waals surface area contributed by atoms with E-state index in [1.165, 1.54) is 31.2 Å². The molecule has 0 aromatic heterocycles. The number of hydrogen-bond acceptors (Lipinski definition) is 3. The quantitative estimate of drug-likeness (QED) is 0.780. The number of benzene rings is 2.